The molecular weight excluding hydrogens is 334 g/mol. The predicted molar refractivity (Wildman–Crippen MR) is 102 cm³/mol. The maximum atomic E-state index is 10.9. The van der Waals surface area contributed by atoms with Crippen molar-refractivity contribution in [2.24, 2.45) is 17.8 Å². The first kappa shape index (κ1) is 19.2. The molecule has 2 aliphatic carbocycles. The molecule has 140 valence electrons. The zero-order valence-corrected chi connectivity index (χ0v) is 16.8. The second-order valence-electron chi connectivity index (χ2n) is 9.48. The summed E-state index contributed by atoms with van der Waals surface area (Å²) >= 11 is 6.51. The molecule has 25 heavy (non-hydrogen) atoms. The smallest absolute Gasteiger partial charge is 0.255 e. The van der Waals surface area contributed by atoms with Gasteiger partial charge in [0.15, 0.2) is 0 Å². The van der Waals surface area contributed by atoms with Crippen LogP contribution in [0.5, 0.6) is 0 Å². The molecule has 4 heteroatoms. The fraction of sp³-hybridized carbons (Fsp3) is 0.857. The molecule has 2 unspecified atom stereocenters. The van der Waals surface area contributed by atoms with Crippen LogP contribution in [0.25, 0.3) is 4.85 Å². The van der Waals surface area contributed by atoms with E-state index in [4.69, 9.17) is 22.9 Å². The van der Waals surface area contributed by atoms with E-state index in [-0.39, 0.29) is 34.5 Å². The van der Waals surface area contributed by atoms with Crippen molar-refractivity contribution < 1.29 is 9.84 Å². The number of hydrogen-bond donors (Lipinski definition) is 1. The van der Waals surface area contributed by atoms with Crippen LogP contribution in [-0.2, 0) is 4.74 Å². The molecule has 0 aromatic carbocycles. The molecule has 0 aromatic rings. The van der Waals surface area contributed by atoms with Gasteiger partial charge in [-0.15, -0.1) is 11.6 Å². The van der Waals surface area contributed by atoms with Gasteiger partial charge in [-0.1, -0.05) is 12.2 Å². The summed E-state index contributed by atoms with van der Waals surface area (Å²) in [6.07, 6.45) is 5.44. The van der Waals surface area contributed by atoms with E-state index < -0.39 is 5.60 Å². The Bertz CT molecular complexity index is 593. The highest BCUT2D eigenvalue weighted by molar-refractivity contribution is 6.21. The van der Waals surface area contributed by atoms with Gasteiger partial charge in [0.05, 0.1) is 16.6 Å². The molecule has 1 heterocycles. The summed E-state index contributed by atoms with van der Waals surface area (Å²) in [5.74, 6) is 0.711. The first-order chi connectivity index (χ1) is 11.5. The Labute approximate surface area is 157 Å². The van der Waals surface area contributed by atoms with Crippen LogP contribution in [0.1, 0.15) is 66.2 Å². The molecular formula is C21H32ClNO2. The zero-order valence-electron chi connectivity index (χ0n) is 16.0. The summed E-state index contributed by atoms with van der Waals surface area (Å²) in [6.45, 7) is 20.3. The van der Waals surface area contributed by atoms with E-state index in [0.717, 1.165) is 32.1 Å². The van der Waals surface area contributed by atoms with Gasteiger partial charge in [-0.2, -0.15) is 0 Å². The molecule has 1 aliphatic heterocycles. The Balaban J connectivity index is 1.97. The van der Waals surface area contributed by atoms with Crippen LogP contribution >= 0.6 is 11.6 Å². The molecule has 0 bridgehead atoms. The normalized spacial score (nSPS) is 50.0. The number of alkyl halides is 1. The van der Waals surface area contributed by atoms with Crippen molar-refractivity contribution in [3.63, 3.8) is 0 Å². The van der Waals surface area contributed by atoms with Crippen LogP contribution in [0.15, 0.2) is 12.2 Å². The molecule has 1 N–H and O–H groups in total. The van der Waals surface area contributed by atoms with Crippen LogP contribution < -0.4 is 0 Å². The summed E-state index contributed by atoms with van der Waals surface area (Å²) in [5.41, 5.74) is -0.328. The van der Waals surface area contributed by atoms with E-state index in [1.807, 2.05) is 6.92 Å². The van der Waals surface area contributed by atoms with Gasteiger partial charge in [-0.05, 0) is 78.1 Å². The van der Waals surface area contributed by atoms with Gasteiger partial charge in [0.1, 0.15) is 5.60 Å². The minimum Gasteiger partial charge on any atom is -0.382 e. The number of ether oxygens (including phenoxy) is 1. The minimum atomic E-state index is -0.922. The summed E-state index contributed by atoms with van der Waals surface area (Å²) in [6, 6.07) is -0.384. The Morgan fingerprint density at radius 3 is 2.48 bits per heavy atom. The monoisotopic (exact) mass is 365 g/mol. The average molecular weight is 366 g/mol. The third kappa shape index (κ3) is 3.15. The van der Waals surface area contributed by atoms with E-state index in [9.17, 15) is 5.11 Å². The number of hydrogen-bond acceptors (Lipinski definition) is 2. The van der Waals surface area contributed by atoms with Gasteiger partial charge in [0.2, 0.25) is 0 Å². The number of nitrogens with zero attached hydrogens (tertiary/aromatic N) is 1. The Hall–Kier alpha value is -0.560. The highest BCUT2D eigenvalue weighted by atomic mass is 35.5. The van der Waals surface area contributed by atoms with Crippen LogP contribution in [0.2, 0.25) is 0 Å². The fourth-order valence-corrected chi connectivity index (χ4v) is 5.95. The van der Waals surface area contributed by atoms with Crippen molar-refractivity contribution in [2.75, 3.05) is 0 Å². The second-order valence-corrected chi connectivity index (χ2v) is 10.0. The van der Waals surface area contributed by atoms with Crippen molar-refractivity contribution >= 4 is 11.6 Å². The Morgan fingerprint density at radius 2 is 1.88 bits per heavy atom. The average Bonchev–Trinajstić information content (AvgIpc) is 2.50. The zero-order chi connectivity index (χ0) is 18.6. The highest BCUT2D eigenvalue weighted by Gasteiger charge is 2.60. The van der Waals surface area contributed by atoms with Crippen LogP contribution in [0.3, 0.4) is 0 Å². The SMILES string of the molecule is [C-]#[N+][C@@H]1C2C([C@@]3(C)CC[C@H](Cl)C(C)(C)O3)CCC(=C)[C@H]2CC[C@@]1(C)O. The van der Waals surface area contributed by atoms with Crippen LogP contribution in [0, 0.1) is 24.3 Å². The van der Waals surface area contributed by atoms with Gasteiger partial charge in [-0.3, -0.25) is 0 Å². The molecule has 3 nitrogen and oxygen atoms in total. The number of halogens is 1. The maximum Gasteiger partial charge on any atom is 0.255 e. The molecule has 0 radical (unpaired) electrons. The van der Waals surface area contributed by atoms with Gasteiger partial charge < -0.3 is 14.7 Å². The fourth-order valence-electron chi connectivity index (χ4n) is 5.79. The Kier molecular flexibility index (Phi) is 4.81. The van der Waals surface area contributed by atoms with Gasteiger partial charge >= 0.3 is 0 Å². The molecule has 0 spiro atoms. The number of fused-ring (bicyclic) bond motifs is 1. The van der Waals surface area contributed by atoms with E-state index in [1.54, 1.807) is 0 Å². The summed E-state index contributed by atoms with van der Waals surface area (Å²) in [4.78, 5) is 3.92. The van der Waals surface area contributed by atoms with E-state index in [2.05, 4.69) is 32.2 Å². The largest absolute Gasteiger partial charge is 0.382 e. The van der Waals surface area contributed by atoms with Crippen LogP contribution in [0.4, 0.5) is 0 Å². The lowest BCUT2D eigenvalue weighted by atomic mass is 9.54. The second kappa shape index (κ2) is 6.25. The van der Waals surface area contributed by atoms with Gasteiger partial charge in [0.25, 0.3) is 6.04 Å². The van der Waals surface area contributed by atoms with E-state index in [0.29, 0.717) is 12.3 Å². The lowest BCUT2D eigenvalue weighted by molar-refractivity contribution is -0.210. The Morgan fingerprint density at radius 1 is 1.20 bits per heavy atom. The molecule has 1 saturated heterocycles. The van der Waals surface area contributed by atoms with Gasteiger partial charge in [0, 0.05) is 5.92 Å². The van der Waals surface area contributed by atoms with Crippen molar-refractivity contribution in [1.29, 1.82) is 0 Å². The molecule has 0 amide bonds. The van der Waals surface area contributed by atoms with E-state index >= 15 is 0 Å². The molecule has 3 rings (SSSR count). The maximum absolute atomic E-state index is 10.9. The molecule has 3 aliphatic rings. The first-order valence-corrected chi connectivity index (χ1v) is 10.1. The van der Waals surface area contributed by atoms with Crippen molar-refractivity contribution in [1.82, 2.24) is 0 Å². The van der Waals surface area contributed by atoms with Crippen molar-refractivity contribution in [3.05, 3.63) is 23.6 Å². The third-order valence-electron chi connectivity index (χ3n) is 7.26. The first-order valence-electron chi connectivity index (χ1n) is 9.63. The lowest BCUT2D eigenvalue weighted by Crippen LogP contribution is -2.61. The third-order valence-corrected chi connectivity index (χ3v) is 8.01. The summed E-state index contributed by atoms with van der Waals surface area (Å²) in [5, 5.41) is 10.9. The number of aliphatic hydroxyl groups is 1. The van der Waals surface area contributed by atoms with Gasteiger partial charge in [-0.25, -0.2) is 6.57 Å². The lowest BCUT2D eigenvalue weighted by Gasteiger charge is -2.56. The standard InChI is InChI=1S/C21H32ClNO2/c1-13-7-8-15(21(5)12-10-16(22)19(2,3)25-21)17-14(13)9-11-20(4,24)18(17)23-6/h14-18,24H,1,7-12H2,2-5H3/t14-,15?,16+,17?,18-,20-,21-/m1/s1. The molecule has 3 fully saturated rings. The minimum absolute atomic E-state index is 0.0149. The molecule has 2 saturated carbocycles. The topological polar surface area (TPSA) is 33.8 Å². The summed E-state index contributed by atoms with van der Waals surface area (Å²) in [7, 11) is 0. The highest BCUT2D eigenvalue weighted by Crippen LogP contribution is 2.56. The van der Waals surface area contributed by atoms with Crippen molar-refractivity contribution in [3.8, 4) is 0 Å². The quantitative estimate of drug-likeness (QED) is 0.404. The predicted octanol–water partition coefficient (Wildman–Crippen LogP) is 4.97. The van der Waals surface area contributed by atoms with E-state index in [1.165, 1.54) is 5.57 Å². The number of allylic oxidation sites excluding steroid dienone is 1. The molecule has 7 atom stereocenters. The van der Waals surface area contributed by atoms with Crippen molar-refractivity contribution in [2.45, 2.75) is 94.4 Å². The molecule has 0 aromatic heterocycles. The summed E-state index contributed by atoms with van der Waals surface area (Å²) < 4.78 is 6.61. The number of rotatable bonds is 1. The van der Waals surface area contributed by atoms with Crippen LogP contribution in [-0.4, -0.2) is 33.3 Å².